The highest BCUT2D eigenvalue weighted by Gasteiger charge is 2.23. The highest BCUT2D eigenvalue weighted by Crippen LogP contribution is 2.19. The lowest BCUT2D eigenvalue weighted by atomic mass is 10.1. The Balaban J connectivity index is 1.99. The number of nitrogens with one attached hydrogen (secondary N) is 1. The fourth-order valence-electron chi connectivity index (χ4n) is 2.48. The summed E-state index contributed by atoms with van der Waals surface area (Å²) in [6.07, 6.45) is -0.744. The van der Waals surface area contributed by atoms with Gasteiger partial charge in [-0.25, -0.2) is 14.0 Å². The Labute approximate surface area is 170 Å². The molecule has 2 aromatic carbocycles. The molecule has 0 unspecified atom stereocenters. The van der Waals surface area contributed by atoms with Gasteiger partial charge in [0.2, 0.25) is 0 Å². The van der Waals surface area contributed by atoms with E-state index in [1.54, 1.807) is 12.1 Å². The monoisotopic (exact) mass is 418 g/mol. The maximum Gasteiger partial charge on any atom is 0.339 e. The average Bonchev–Trinajstić information content (AvgIpc) is 2.73. The van der Waals surface area contributed by atoms with Gasteiger partial charge in [-0.15, -0.1) is 0 Å². The Hall–Kier alpha value is -3.82. The zero-order valence-electron chi connectivity index (χ0n) is 16.2. The van der Waals surface area contributed by atoms with E-state index in [-0.39, 0.29) is 23.5 Å². The third-order valence-electron chi connectivity index (χ3n) is 4.06. The summed E-state index contributed by atoms with van der Waals surface area (Å²) in [5, 5.41) is 13.6. The largest absolute Gasteiger partial charge is 0.465 e. The number of methoxy groups -OCH3 is 1. The number of nitro groups is 1. The summed E-state index contributed by atoms with van der Waals surface area (Å²) in [6, 6.07) is 8.78. The highest BCUT2D eigenvalue weighted by atomic mass is 19.1. The number of carbonyl (C=O) groups excluding carboxylic acids is 3. The Morgan fingerprint density at radius 3 is 2.27 bits per heavy atom. The fraction of sp³-hybridized carbons (Fsp3) is 0.250. The number of ether oxygens (including phenoxy) is 2. The molecule has 2 rings (SSSR count). The smallest absolute Gasteiger partial charge is 0.339 e. The predicted molar refractivity (Wildman–Crippen MR) is 102 cm³/mol. The minimum Gasteiger partial charge on any atom is -0.465 e. The van der Waals surface area contributed by atoms with Crippen molar-refractivity contribution in [2.24, 2.45) is 0 Å². The zero-order chi connectivity index (χ0) is 22.3. The summed E-state index contributed by atoms with van der Waals surface area (Å²) >= 11 is 0. The summed E-state index contributed by atoms with van der Waals surface area (Å²) in [5.74, 6) is -2.81. The van der Waals surface area contributed by atoms with E-state index in [2.05, 4.69) is 10.1 Å². The van der Waals surface area contributed by atoms with Crippen LogP contribution < -0.4 is 5.32 Å². The van der Waals surface area contributed by atoms with Crippen LogP contribution in [-0.4, -0.2) is 42.5 Å². The molecular formula is C20H19FN2O7. The lowest BCUT2D eigenvalue weighted by Gasteiger charge is -2.14. The standard InChI is InChI=1S/C20H19FN2O7/c1-12(18(24)22-8-7-13-3-5-16(21)6-4-13)30-20(26)15-9-14(19(25)29-2)10-17(11-15)23(27)28/h3-6,9-12H,7-8H2,1-2H3,(H,22,24)/t12-/m1/s1. The van der Waals surface area contributed by atoms with Crippen molar-refractivity contribution in [3.8, 4) is 0 Å². The molecule has 1 amide bonds. The minimum atomic E-state index is -1.19. The number of rotatable bonds is 8. The summed E-state index contributed by atoms with van der Waals surface area (Å²) in [4.78, 5) is 46.4. The average molecular weight is 418 g/mol. The van der Waals surface area contributed by atoms with Gasteiger partial charge in [0.15, 0.2) is 6.10 Å². The third-order valence-corrected chi connectivity index (χ3v) is 4.06. The summed E-state index contributed by atoms with van der Waals surface area (Å²) < 4.78 is 22.4. The minimum absolute atomic E-state index is 0.199. The fourth-order valence-corrected chi connectivity index (χ4v) is 2.48. The molecule has 0 aromatic heterocycles. The number of non-ortho nitro benzene ring substituents is 1. The van der Waals surface area contributed by atoms with Crippen LogP contribution in [0, 0.1) is 15.9 Å². The van der Waals surface area contributed by atoms with Crippen LogP contribution in [0.25, 0.3) is 0 Å². The van der Waals surface area contributed by atoms with Gasteiger partial charge in [0.25, 0.3) is 11.6 Å². The molecule has 0 radical (unpaired) electrons. The van der Waals surface area contributed by atoms with Gasteiger partial charge in [-0.2, -0.15) is 0 Å². The van der Waals surface area contributed by atoms with Gasteiger partial charge in [0.05, 0.1) is 23.2 Å². The van der Waals surface area contributed by atoms with Crippen molar-refractivity contribution in [1.82, 2.24) is 5.32 Å². The summed E-state index contributed by atoms with van der Waals surface area (Å²) in [5.41, 5.74) is -0.153. The Morgan fingerprint density at radius 1 is 1.10 bits per heavy atom. The maximum atomic E-state index is 12.9. The molecule has 0 saturated heterocycles. The molecule has 0 saturated carbocycles. The van der Waals surface area contributed by atoms with Crippen LogP contribution in [0.1, 0.15) is 33.2 Å². The van der Waals surface area contributed by atoms with Crippen LogP contribution >= 0.6 is 0 Å². The number of nitrogens with zero attached hydrogens (tertiary/aromatic N) is 1. The van der Waals surface area contributed by atoms with E-state index in [0.717, 1.165) is 30.9 Å². The number of halogens is 1. The topological polar surface area (TPSA) is 125 Å². The number of carbonyl (C=O) groups is 3. The second-order valence-corrected chi connectivity index (χ2v) is 6.23. The second kappa shape index (κ2) is 10.1. The lowest BCUT2D eigenvalue weighted by Crippen LogP contribution is -2.37. The molecular weight excluding hydrogens is 399 g/mol. The van der Waals surface area contributed by atoms with E-state index >= 15 is 0 Å². The maximum absolute atomic E-state index is 12.9. The number of hydrogen-bond acceptors (Lipinski definition) is 7. The molecule has 0 aliphatic carbocycles. The van der Waals surface area contributed by atoms with Crippen molar-refractivity contribution in [3.63, 3.8) is 0 Å². The van der Waals surface area contributed by atoms with Gasteiger partial charge >= 0.3 is 11.9 Å². The first-order valence-corrected chi connectivity index (χ1v) is 8.82. The molecule has 1 atom stereocenters. The van der Waals surface area contributed by atoms with E-state index < -0.39 is 34.6 Å². The van der Waals surface area contributed by atoms with Crippen LogP contribution in [0.3, 0.4) is 0 Å². The van der Waals surface area contributed by atoms with Crippen LogP contribution in [0.5, 0.6) is 0 Å². The van der Waals surface area contributed by atoms with Gasteiger partial charge in [-0.05, 0) is 37.1 Å². The van der Waals surface area contributed by atoms with Gasteiger partial charge in [0.1, 0.15) is 5.82 Å². The Kier molecular flexibility index (Phi) is 7.56. The molecule has 0 fully saturated rings. The van der Waals surface area contributed by atoms with Crippen molar-refractivity contribution < 1.29 is 33.2 Å². The molecule has 158 valence electrons. The van der Waals surface area contributed by atoms with Gasteiger partial charge in [0, 0.05) is 18.7 Å². The molecule has 0 bridgehead atoms. The van der Waals surface area contributed by atoms with Crippen molar-refractivity contribution in [3.05, 3.63) is 75.1 Å². The van der Waals surface area contributed by atoms with Crippen molar-refractivity contribution in [2.45, 2.75) is 19.4 Å². The van der Waals surface area contributed by atoms with E-state index in [0.29, 0.717) is 6.42 Å². The van der Waals surface area contributed by atoms with Gasteiger partial charge in [-0.1, -0.05) is 12.1 Å². The normalized spacial score (nSPS) is 11.3. The van der Waals surface area contributed by atoms with E-state index in [4.69, 9.17) is 4.74 Å². The number of amides is 1. The van der Waals surface area contributed by atoms with Gasteiger partial charge < -0.3 is 14.8 Å². The molecule has 0 aliphatic rings. The van der Waals surface area contributed by atoms with E-state index in [9.17, 15) is 28.9 Å². The van der Waals surface area contributed by atoms with Crippen molar-refractivity contribution in [1.29, 1.82) is 0 Å². The molecule has 1 N–H and O–H groups in total. The van der Waals surface area contributed by atoms with E-state index in [1.165, 1.54) is 19.1 Å². The van der Waals surface area contributed by atoms with Crippen LogP contribution in [0.2, 0.25) is 0 Å². The zero-order valence-corrected chi connectivity index (χ0v) is 16.2. The quantitative estimate of drug-likeness (QED) is 0.396. The number of esters is 2. The molecule has 0 heterocycles. The van der Waals surface area contributed by atoms with E-state index in [1.807, 2.05) is 0 Å². The highest BCUT2D eigenvalue weighted by molar-refractivity contribution is 5.97. The van der Waals surface area contributed by atoms with Crippen LogP contribution in [-0.2, 0) is 20.7 Å². The van der Waals surface area contributed by atoms with Crippen LogP contribution in [0.15, 0.2) is 42.5 Å². The first-order chi connectivity index (χ1) is 14.2. The first kappa shape index (κ1) is 22.5. The Morgan fingerprint density at radius 2 is 1.70 bits per heavy atom. The molecule has 0 aliphatic heterocycles. The number of benzene rings is 2. The van der Waals surface area contributed by atoms with Crippen molar-refractivity contribution in [2.75, 3.05) is 13.7 Å². The van der Waals surface area contributed by atoms with Gasteiger partial charge in [-0.3, -0.25) is 14.9 Å². The first-order valence-electron chi connectivity index (χ1n) is 8.82. The third kappa shape index (κ3) is 6.09. The second-order valence-electron chi connectivity index (χ2n) is 6.23. The molecule has 9 nitrogen and oxygen atoms in total. The van der Waals surface area contributed by atoms with Crippen LogP contribution in [0.4, 0.5) is 10.1 Å². The lowest BCUT2D eigenvalue weighted by molar-refractivity contribution is -0.384. The van der Waals surface area contributed by atoms with Crippen molar-refractivity contribution >= 4 is 23.5 Å². The molecule has 2 aromatic rings. The number of hydrogen-bond donors (Lipinski definition) is 1. The SMILES string of the molecule is COC(=O)c1cc(C(=O)O[C@H](C)C(=O)NCCc2ccc(F)cc2)cc([N+](=O)[O-])c1. The summed E-state index contributed by atoms with van der Waals surface area (Å²) in [7, 11) is 1.09. The molecule has 10 heteroatoms. The molecule has 30 heavy (non-hydrogen) atoms. The summed E-state index contributed by atoms with van der Waals surface area (Å²) in [6.45, 7) is 1.57. The predicted octanol–water partition coefficient (Wildman–Crippen LogP) is 2.42. The molecule has 0 spiro atoms. The Bertz CT molecular complexity index is 960. The number of nitro benzene ring substituents is 1.